The Balaban J connectivity index is 1.95. The third kappa shape index (κ3) is 2.38. The Morgan fingerprint density at radius 3 is 2.65 bits per heavy atom. The summed E-state index contributed by atoms with van der Waals surface area (Å²) in [7, 11) is 0. The molecule has 2 heterocycles. The zero-order chi connectivity index (χ0) is 14.2. The zero-order valence-electron chi connectivity index (χ0n) is 12.4. The highest BCUT2D eigenvalue weighted by Gasteiger charge is 2.29. The first-order chi connectivity index (χ1) is 9.61. The minimum absolute atomic E-state index is 0.314. The maximum atomic E-state index is 5.91. The van der Waals surface area contributed by atoms with Crippen LogP contribution in [0.2, 0.25) is 0 Å². The van der Waals surface area contributed by atoms with Crippen LogP contribution in [0.5, 0.6) is 0 Å². The van der Waals surface area contributed by atoms with E-state index in [1.807, 2.05) is 0 Å². The van der Waals surface area contributed by atoms with E-state index in [0.717, 1.165) is 30.8 Å². The predicted octanol–water partition coefficient (Wildman–Crippen LogP) is 3.11. The molecule has 0 bridgehead atoms. The van der Waals surface area contributed by atoms with Crippen molar-refractivity contribution in [1.29, 1.82) is 0 Å². The molecule has 20 heavy (non-hydrogen) atoms. The summed E-state index contributed by atoms with van der Waals surface area (Å²) in [5.41, 5.74) is 9.73. The van der Waals surface area contributed by atoms with Gasteiger partial charge in [-0.15, -0.1) is 0 Å². The SMILES string of the molecule is Cc1cc(N2CCC(C)(CN)CC2)c2ccccc2n1. The number of nitrogens with zero attached hydrogens (tertiary/aromatic N) is 2. The number of hydrogen-bond donors (Lipinski definition) is 1. The number of anilines is 1. The molecule has 0 aliphatic carbocycles. The Bertz CT molecular complexity index is 613. The smallest absolute Gasteiger partial charge is 0.0726 e. The van der Waals surface area contributed by atoms with Gasteiger partial charge in [-0.1, -0.05) is 25.1 Å². The lowest BCUT2D eigenvalue weighted by Gasteiger charge is -2.40. The molecule has 0 unspecified atom stereocenters. The van der Waals surface area contributed by atoms with Gasteiger partial charge >= 0.3 is 0 Å². The van der Waals surface area contributed by atoms with Crippen LogP contribution in [0.4, 0.5) is 5.69 Å². The fraction of sp³-hybridized carbons (Fsp3) is 0.471. The maximum absolute atomic E-state index is 5.91. The van der Waals surface area contributed by atoms with Gasteiger partial charge in [0.1, 0.15) is 0 Å². The van der Waals surface area contributed by atoms with Crippen LogP contribution in [0.1, 0.15) is 25.5 Å². The van der Waals surface area contributed by atoms with E-state index < -0.39 is 0 Å². The third-order valence-electron chi connectivity index (χ3n) is 4.63. The van der Waals surface area contributed by atoms with Crippen molar-refractivity contribution in [2.75, 3.05) is 24.5 Å². The minimum Gasteiger partial charge on any atom is -0.371 e. The molecule has 3 rings (SSSR count). The topological polar surface area (TPSA) is 42.1 Å². The second-order valence-corrected chi connectivity index (χ2v) is 6.30. The molecule has 1 aromatic carbocycles. The van der Waals surface area contributed by atoms with Gasteiger partial charge in [0.15, 0.2) is 0 Å². The summed E-state index contributed by atoms with van der Waals surface area (Å²) in [5.74, 6) is 0. The lowest BCUT2D eigenvalue weighted by Crippen LogP contribution is -2.42. The molecule has 1 fully saturated rings. The number of aromatic nitrogens is 1. The Kier molecular flexibility index (Phi) is 3.38. The van der Waals surface area contributed by atoms with Crippen molar-refractivity contribution < 1.29 is 0 Å². The molecule has 0 saturated carbocycles. The summed E-state index contributed by atoms with van der Waals surface area (Å²) in [6.07, 6.45) is 2.33. The van der Waals surface area contributed by atoms with Crippen molar-refractivity contribution >= 4 is 16.6 Å². The molecule has 3 heteroatoms. The van der Waals surface area contributed by atoms with Gasteiger partial charge in [0, 0.05) is 29.9 Å². The summed E-state index contributed by atoms with van der Waals surface area (Å²) in [6, 6.07) is 10.6. The Morgan fingerprint density at radius 2 is 1.95 bits per heavy atom. The lowest BCUT2D eigenvalue weighted by molar-refractivity contribution is 0.258. The maximum Gasteiger partial charge on any atom is 0.0726 e. The number of pyridine rings is 1. The Labute approximate surface area is 120 Å². The van der Waals surface area contributed by atoms with Gasteiger partial charge in [-0.2, -0.15) is 0 Å². The van der Waals surface area contributed by atoms with E-state index in [1.54, 1.807) is 0 Å². The van der Waals surface area contributed by atoms with Crippen molar-refractivity contribution in [3.8, 4) is 0 Å². The highest BCUT2D eigenvalue weighted by atomic mass is 15.1. The van der Waals surface area contributed by atoms with Crippen molar-refractivity contribution in [2.45, 2.75) is 26.7 Å². The van der Waals surface area contributed by atoms with Gasteiger partial charge in [-0.05, 0) is 43.9 Å². The van der Waals surface area contributed by atoms with Gasteiger partial charge in [0.2, 0.25) is 0 Å². The molecular weight excluding hydrogens is 246 g/mol. The average molecular weight is 269 g/mol. The molecule has 0 amide bonds. The number of hydrogen-bond acceptors (Lipinski definition) is 3. The second kappa shape index (κ2) is 5.06. The number of para-hydroxylation sites is 1. The van der Waals surface area contributed by atoms with Gasteiger partial charge < -0.3 is 10.6 Å². The first-order valence-corrected chi connectivity index (χ1v) is 7.43. The number of fused-ring (bicyclic) bond motifs is 1. The van der Waals surface area contributed by atoms with Gasteiger partial charge in [-0.3, -0.25) is 4.98 Å². The normalized spacial score (nSPS) is 18.4. The quantitative estimate of drug-likeness (QED) is 0.911. The van der Waals surface area contributed by atoms with E-state index in [0.29, 0.717) is 5.41 Å². The molecule has 3 nitrogen and oxygen atoms in total. The average Bonchev–Trinajstić information content (AvgIpc) is 2.47. The molecule has 0 atom stereocenters. The monoisotopic (exact) mass is 269 g/mol. The number of aryl methyl sites for hydroxylation is 1. The molecule has 0 radical (unpaired) electrons. The van der Waals surface area contributed by atoms with E-state index in [9.17, 15) is 0 Å². The molecule has 0 spiro atoms. The summed E-state index contributed by atoms with van der Waals surface area (Å²) in [4.78, 5) is 7.12. The number of piperidine rings is 1. The highest BCUT2D eigenvalue weighted by molar-refractivity contribution is 5.92. The minimum atomic E-state index is 0.314. The number of rotatable bonds is 2. The first-order valence-electron chi connectivity index (χ1n) is 7.43. The van der Waals surface area contributed by atoms with E-state index in [4.69, 9.17) is 5.73 Å². The molecule has 2 N–H and O–H groups in total. The second-order valence-electron chi connectivity index (χ2n) is 6.30. The summed E-state index contributed by atoms with van der Waals surface area (Å²) in [5, 5.41) is 1.26. The van der Waals surface area contributed by atoms with Crippen molar-refractivity contribution in [3.05, 3.63) is 36.0 Å². The standard InChI is InChI=1S/C17H23N3/c1-13-11-16(14-5-3-4-6-15(14)19-13)20-9-7-17(2,12-18)8-10-20/h3-6,11H,7-10,12,18H2,1-2H3. The molecule has 1 aromatic heterocycles. The van der Waals surface area contributed by atoms with Crippen LogP contribution < -0.4 is 10.6 Å². The zero-order valence-corrected chi connectivity index (χ0v) is 12.4. The summed E-state index contributed by atoms with van der Waals surface area (Å²) in [6.45, 7) is 7.34. The number of nitrogens with two attached hydrogens (primary N) is 1. The molecule has 106 valence electrons. The van der Waals surface area contributed by atoms with Crippen molar-refractivity contribution in [2.24, 2.45) is 11.1 Å². The van der Waals surface area contributed by atoms with E-state index >= 15 is 0 Å². The van der Waals surface area contributed by atoms with Crippen molar-refractivity contribution in [1.82, 2.24) is 4.98 Å². The Hall–Kier alpha value is -1.61. The van der Waals surface area contributed by atoms with Crippen LogP contribution in [0.25, 0.3) is 10.9 Å². The highest BCUT2D eigenvalue weighted by Crippen LogP contribution is 2.34. The third-order valence-corrected chi connectivity index (χ3v) is 4.63. The summed E-state index contributed by atoms with van der Waals surface area (Å²) < 4.78 is 0. The molecule has 1 aliphatic heterocycles. The molecule has 1 saturated heterocycles. The van der Waals surface area contributed by atoms with Gasteiger partial charge in [-0.25, -0.2) is 0 Å². The van der Waals surface area contributed by atoms with E-state index in [2.05, 4.69) is 54.1 Å². The van der Waals surface area contributed by atoms with Crippen LogP contribution in [0, 0.1) is 12.3 Å². The molecule has 1 aliphatic rings. The van der Waals surface area contributed by atoms with Crippen LogP contribution in [0.15, 0.2) is 30.3 Å². The Morgan fingerprint density at radius 1 is 1.25 bits per heavy atom. The molecular formula is C17H23N3. The van der Waals surface area contributed by atoms with Crippen LogP contribution in [-0.2, 0) is 0 Å². The van der Waals surface area contributed by atoms with Crippen LogP contribution in [0.3, 0.4) is 0 Å². The fourth-order valence-electron chi connectivity index (χ4n) is 3.04. The van der Waals surface area contributed by atoms with Gasteiger partial charge in [0.25, 0.3) is 0 Å². The summed E-state index contributed by atoms with van der Waals surface area (Å²) >= 11 is 0. The van der Waals surface area contributed by atoms with Crippen LogP contribution >= 0.6 is 0 Å². The fourth-order valence-corrected chi connectivity index (χ4v) is 3.04. The first kappa shape index (κ1) is 13.4. The largest absolute Gasteiger partial charge is 0.371 e. The lowest BCUT2D eigenvalue weighted by atomic mass is 9.80. The van der Waals surface area contributed by atoms with E-state index in [1.165, 1.54) is 23.9 Å². The van der Waals surface area contributed by atoms with Crippen LogP contribution in [-0.4, -0.2) is 24.6 Å². The number of benzene rings is 1. The van der Waals surface area contributed by atoms with E-state index in [-0.39, 0.29) is 0 Å². The van der Waals surface area contributed by atoms with Gasteiger partial charge in [0.05, 0.1) is 5.52 Å². The van der Waals surface area contributed by atoms with Crippen molar-refractivity contribution in [3.63, 3.8) is 0 Å². The predicted molar refractivity (Wildman–Crippen MR) is 85.1 cm³/mol. The molecule has 2 aromatic rings.